The van der Waals surface area contributed by atoms with Crippen molar-refractivity contribution in [1.82, 2.24) is 4.90 Å². The quantitative estimate of drug-likeness (QED) is 0.562. The Morgan fingerprint density at radius 1 is 0.963 bits per heavy atom. The topological polar surface area (TPSA) is 20.3 Å². The van der Waals surface area contributed by atoms with Crippen molar-refractivity contribution in [2.75, 3.05) is 0 Å². The van der Waals surface area contributed by atoms with Gasteiger partial charge in [0.15, 0.2) is 0 Å². The highest BCUT2D eigenvalue weighted by Crippen LogP contribution is 2.48. The van der Waals surface area contributed by atoms with Crippen LogP contribution in [-0.4, -0.2) is 16.3 Å². The fraction of sp³-hybridized carbons (Fsp3) is 0.458. The van der Waals surface area contributed by atoms with E-state index in [4.69, 9.17) is 11.6 Å². The van der Waals surface area contributed by atoms with E-state index in [0.29, 0.717) is 17.1 Å². The van der Waals surface area contributed by atoms with Gasteiger partial charge in [-0.15, -0.1) is 0 Å². The SMILES string of the molecule is CC1(C)CC2(CCCCC2)N(C(=O)c2ccccc2Cl)Cc2ccccc21. The first kappa shape index (κ1) is 18.6. The van der Waals surface area contributed by atoms with Crippen molar-refractivity contribution < 1.29 is 4.79 Å². The van der Waals surface area contributed by atoms with Crippen LogP contribution >= 0.6 is 11.6 Å². The molecule has 0 N–H and O–H groups in total. The van der Waals surface area contributed by atoms with Crippen LogP contribution in [0.15, 0.2) is 48.5 Å². The third-order valence-corrected chi connectivity index (χ3v) is 6.88. The standard InChI is InChI=1S/C24H28ClNO/c1-23(2)17-24(14-8-3-9-15-24)26(16-18-10-4-6-12-20(18)23)22(27)19-11-5-7-13-21(19)25/h4-7,10-13H,3,8-9,14-17H2,1-2H3. The first-order chi connectivity index (χ1) is 12.9. The van der Waals surface area contributed by atoms with E-state index >= 15 is 0 Å². The number of benzene rings is 2. The minimum absolute atomic E-state index is 0.0451. The van der Waals surface area contributed by atoms with Gasteiger partial charge in [-0.05, 0) is 47.9 Å². The summed E-state index contributed by atoms with van der Waals surface area (Å²) in [6.45, 7) is 5.35. The lowest BCUT2D eigenvalue weighted by molar-refractivity contribution is 0.0215. The summed E-state index contributed by atoms with van der Waals surface area (Å²) >= 11 is 6.42. The molecule has 1 aliphatic heterocycles. The first-order valence-corrected chi connectivity index (χ1v) is 10.5. The minimum atomic E-state index is -0.0863. The predicted molar refractivity (Wildman–Crippen MR) is 111 cm³/mol. The van der Waals surface area contributed by atoms with E-state index in [2.05, 4.69) is 43.0 Å². The molecule has 0 saturated heterocycles. The van der Waals surface area contributed by atoms with E-state index in [0.717, 1.165) is 19.3 Å². The van der Waals surface area contributed by atoms with Crippen molar-refractivity contribution in [3.8, 4) is 0 Å². The van der Waals surface area contributed by atoms with Crippen LogP contribution in [-0.2, 0) is 12.0 Å². The Morgan fingerprint density at radius 2 is 1.63 bits per heavy atom. The van der Waals surface area contributed by atoms with Gasteiger partial charge in [0.25, 0.3) is 5.91 Å². The Hall–Kier alpha value is -1.80. The van der Waals surface area contributed by atoms with E-state index < -0.39 is 0 Å². The van der Waals surface area contributed by atoms with Gasteiger partial charge in [-0.2, -0.15) is 0 Å². The highest BCUT2D eigenvalue weighted by atomic mass is 35.5. The summed E-state index contributed by atoms with van der Waals surface area (Å²) in [5.41, 5.74) is 3.23. The molecule has 1 heterocycles. The lowest BCUT2D eigenvalue weighted by Gasteiger charge is -2.48. The lowest BCUT2D eigenvalue weighted by atomic mass is 9.68. The molecular weight excluding hydrogens is 354 g/mol. The summed E-state index contributed by atoms with van der Waals surface area (Å²) in [7, 11) is 0. The molecule has 1 spiro atoms. The Kier molecular flexibility index (Phi) is 4.80. The number of hydrogen-bond donors (Lipinski definition) is 0. The van der Waals surface area contributed by atoms with Crippen molar-refractivity contribution in [3.05, 3.63) is 70.2 Å². The molecule has 1 fully saturated rings. The van der Waals surface area contributed by atoms with Crippen LogP contribution in [0.4, 0.5) is 0 Å². The minimum Gasteiger partial charge on any atom is -0.329 e. The second-order valence-electron chi connectivity index (χ2n) is 8.87. The molecule has 0 radical (unpaired) electrons. The molecule has 2 nitrogen and oxygen atoms in total. The Labute approximate surface area is 167 Å². The molecular formula is C24H28ClNO. The van der Waals surface area contributed by atoms with Crippen LogP contribution in [0.1, 0.15) is 73.9 Å². The monoisotopic (exact) mass is 381 g/mol. The van der Waals surface area contributed by atoms with Crippen molar-refractivity contribution in [1.29, 1.82) is 0 Å². The molecule has 1 aliphatic carbocycles. The molecule has 4 rings (SSSR count). The smallest absolute Gasteiger partial charge is 0.256 e. The summed E-state index contributed by atoms with van der Waals surface area (Å²) in [4.78, 5) is 15.9. The molecule has 0 bridgehead atoms. The number of carbonyl (C=O) groups excluding carboxylic acids is 1. The fourth-order valence-corrected chi connectivity index (χ4v) is 5.61. The maximum absolute atomic E-state index is 13.7. The second-order valence-corrected chi connectivity index (χ2v) is 9.28. The zero-order valence-corrected chi connectivity index (χ0v) is 17.1. The second kappa shape index (κ2) is 6.98. The molecule has 1 amide bonds. The molecule has 0 unspecified atom stereocenters. The Balaban J connectivity index is 1.84. The largest absolute Gasteiger partial charge is 0.329 e. The number of fused-ring (bicyclic) bond motifs is 1. The number of halogens is 1. The van der Waals surface area contributed by atoms with E-state index in [1.54, 1.807) is 0 Å². The van der Waals surface area contributed by atoms with E-state index in [-0.39, 0.29) is 16.9 Å². The maximum atomic E-state index is 13.7. The Bertz CT molecular complexity index is 851. The van der Waals surface area contributed by atoms with Gasteiger partial charge in [0.1, 0.15) is 0 Å². The van der Waals surface area contributed by atoms with Crippen LogP contribution in [0.2, 0.25) is 5.02 Å². The maximum Gasteiger partial charge on any atom is 0.256 e. The molecule has 3 heteroatoms. The lowest BCUT2D eigenvalue weighted by Crippen LogP contribution is -2.53. The zero-order valence-electron chi connectivity index (χ0n) is 16.3. The molecule has 1 saturated carbocycles. The van der Waals surface area contributed by atoms with E-state index in [1.165, 1.54) is 30.4 Å². The molecule has 27 heavy (non-hydrogen) atoms. The predicted octanol–water partition coefficient (Wildman–Crippen LogP) is 6.37. The number of hydrogen-bond acceptors (Lipinski definition) is 1. The molecule has 0 aromatic heterocycles. The van der Waals surface area contributed by atoms with Crippen molar-refractivity contribution >= 4 is 17.5 Å². The van der Waals surface area contributed by atoms with Crippen LogP contribution in [0.5, 0.6) is 0 Å². The van der Waals surface area contributed by atoms with Gasteiger partial charge in [-0.1, -0.05) is 81.1 Å². The number of amides is 1. The molecule has 142 valence electrons. The van der Waals surface area contributed by atoms with Gasteiger partial charge in [0.05, 0.1) is 10.6 Å². The van der Waals surface area contributed by atoms with Gasteiger partial charge in [-0.3, -0.25) is 4.79 Å². The van der Waals surface area contributed by atoms with Crippen LogP contribution in [0.3, 0.4) is 0 Å². The number of nitrogens with zero attached hydrogens (tertiary/aromatic N) is 1. The van der Waals surface area contributed by atoms with Crippen LogP contribution < -0.4 is 0 Å². The highest BCUT2D eigenvalue weighted by Gasteiger charge is 2.47. The summed E-state index contributed by atoms with van der Waals surface area (Å²) in [6.07, 6.45) is 6.83. The third-order valence-electron chi connectivity index (χ3n) is 6.55. The molecule has 0 atom stereocenters. The van der Waals surface area contributed by atoms with Gasteiger partial charge in [-0.25, -0.2) is 0 Å². The Morgan fingerprint density at radius 3 is 2.37 bits per heavy atom. The van der Waals surface area contributed by atoms with Gasteiger partial charge < -0.3 is 4.90 Å². The van der Waals surface area contributed by atoms with Crippen LogP contribution in [0, 0.1) is 0 Å². The summed E-state index contributed by atoms with van der Waals surface area (Å²) < 4.78 is 0. The third kappa shape index (κ3) is 3.29. The first-order valence-electron chi connectivity index (χ1n) is 10.1. The summed E-state index contributed by atoms with van der Waals surface area (Å²) in [6, 6.07) is 16.1. The number of carbonyl (C=O) groups is 1. The average Bonchev–Trinajstić information content (AvgIpc) is 2.75. The van der Waals surface area contributed by atoms with E-state index in [9.17, 15) is 4.79 Å². The average molecular weight is 382 g/mol. The summed E-state index contributed by atoms with van der Waals surface area (Å²) in [5, 5.41) is 0.547. The van der Waals surface area contributed by atoms with Gasteiger partial charge in [0, 0.05) is 12.1 Å². The zero-order chi connectivity index (χ0) is 19.1. The summed E-state index contributed by atoms with van der Waals surface area (Å²) in [5.74, 6) is 0.0787. The van der Waals surface area contributed by atoms with Crippen LogP contribution in [0.25, 0.3) is 0 Å². The number of rotatable bonds is 1. The van der Waals surface area contributed by atoms with Gasteiger partial charge >= 0.3 is 0 Å². The normalized spacial score (nSPS) is 20.8. The van der Waals surface area contributed by atoms with E-state index in [1.807, 2.05) is 24.3 Å². The highest BCUT2D eigenvalue weighted by molar-refractivity contribution is 6.33. The van der Waals surface area contributed by atoms with Crippen molar-refractivity contribution in [2.24, 2.45) is 0 Å². The fourth-order valence-electron chi connectivity index (χ4n) is 5.39. The molecule has 2 aromatic rings. The molecule has 2 aliphatic rings. The van der Waals surface area contributed by atoms with Gasteiger partial charge in [0.2, 0.25) is 0 Å². The molecule has 2 aromatic carbocycles. The van der Waals surface area contributed by atoms with Crippen molar-refractivity contribution in [2.45, 2.75) is 69.9 Å². The van der Waals surface area contributed by atoms with Crippen molar-refractivity contribution in [3.63, 3.8) is 0 Å².